The van der Waals surface area contributed by atoms with Crippen molar-refractivity contribution in [2.75, 3.05) is 0 Å². The molecular weight excluding hydrogens is 601 g/mol. The minimum Gasteiger partial charge on any atom is -0.0616 e. The minimum absolute atomic E-state index is 1.23. The van der Waals surface area contributed by atoms with Crippen LogP contribution < -0.4 is 0 Å². The van der Waals surface area contributed by atoms with Crippen molar-refractivity contribution >= 4 is 53.9 Å². The highest BCUT2D eigenvalue weighted by molar-refractivity contribution is 6.27. The molecule has 11 rings (SSSR count). The summed E-state index contributed by atoms with van der Waals surface area (Å²) in [5.74, 6) is 0. The van der Waals surface area contributed by atoms with E-state index >= 15 is 0 Å². The summed E-state index contributed by atoms with van der Waals surface area (Å²) in [5.41, 5.74) is 12.9. The topological polar surface area (TPSA) is 0 Å². The summed E-state index contributed by atoms with van der Waals surface area (Å²) in [6, 6.07) is 67.5. The van der Waals surface area contributed by atoms with Crippen LogP contribution in [-0.4, -0.2) is 0 Å². The van der Waals surface area contributed by atoms with Gasteiger partial charge in [-0.2, -0.15) is 0 Å². The Morgan fingerprint density at radius 3 is 1.54 bits per heavy atom. The van der Waals surface area contributed by atoms with Gasteiger partial charge in [-0.05, 0) is 128 Å². The van der Waals surface area contributed by atoms with E-state index in [9.17, 15) is 0 Å². The lowest BCUT2D eigenvalue weighted by Crippen LogP contribution is -1.87. The van der Waals surface area contributed by atoms with Crippen LogP contribution in [0.3, 0.4) is 0 Å². The van der Waals surface area contributed by atoms with Crippen molar-refractivity contribution in [2.45, 2.75) is 0 Å². The van der Waals surface area contributed by atoms with Gasteiger partial charge in [0, 0.05) is 0 Å². The van der Waals surface area contributed by atoms with Crippen LogP contribution in [0, 0.1) is 0 Å². The molecule has 0 fully saturated rings. The predicted octanol–water partition coefficient (Wildman–Crippen LogP) is 14.1. The molecule has 0 N–H and O–H groups in total. The van der Waals surface area contributed by atoms with Gasteiger partial charge in [-0.3, -0.25) is 0 Å². The van der Waals surface area contributed by atoms with E-state index < -0.39 is 0 Å². The second-order valence-corrected chi connectivity index (χ2v) is 13.6. The third-order valence-electron chi connectivity index (χ3n) is 11.0. The summed E-state index contributed by atoms with van der Waals surface area (Å²) < 4.78 is 0. The van der Waals surface area contributed by atoms with E-state index in [1.807, 2.05) is 0 Å². The second-order valence-electron chi connectivity index (χ2n) is 13.6. The molecule has 50 heavy (non-hydrogen) atoms. The van der Waals surface area contributed by atoms with Crippen LogP contribution in [-0.2, 0) is 0 Å². The molecule has 0 atom stereocenters. The van der Waals surface area contributed by atoms with E-state index in [0.29, 0.717) is 0 Å². The summed E-state index contributed by atoms with van der Waals surface area (Å²) in [6.07, 6.45) is 0. The molecule has 0 radical (unpaired) electrons. The van der Waals surface area contributed by atoms with Gasteiger partial charge in [-0.15, -0.1) is 0 Å². The van der Waals surface area contributed by atoms with E-state index in [1.165, 1.54) is 109 Å². The maximum atomic E-state index is 2.39. The van der Waals surface area contributed by atoms with E-state index in [4.69, 9.17) is 0 Å². The normalized spacial score (nSPS) is 12.0. The Labute approximate surface area is 290 Å². The van der Waals surface area contributed by atoms with Crippen molar-refractivity contribution in [1.82, 2.24) is 0 Å². The van der Waals surface area contributed by atoms with E-state index in [0.717, 1.165) is 0 Å². The molecular formula is C50H30. The van der Waals surface area contributed by atoms with Gasteiger partial charge in [0.1, 0.15) is 0 Å². The zero-order valence-corrected chi connectivity index (χ0v) is 27.3. The Balaban J connectivity index is 1.00. The Morgan fingerprint density at radius 1 is 0.200 bits per heavy atom. The molecule has 0 spiro atoms. The quantitative estimate of drug-likeness (QED) is 0.170. The maximum Gasteiger partial charge on any atom is -0.00137 e. The SMILES string of the molecule is c1ccc2c(c1)-c1ccc(-c3ccc4c(ccc5cc(-c6ccc(-c7cccc8ccccc78)cc6)ccc54)c3)c3c1c-2cc1ccccc13. The lowest BCUT2D eigenvalue weighted by Gasteiger charge is -2.14. The highest BCUT2D eigenvalue weighted by Crippen LogP contribution is 2.51. The fraction of sp³-hybridized carbons (Fsp3) is 0. The number of hydrogen-bond acceptors (Lipinski definition) is 0. The van der Waals surface area contributed by atoms with E-state index in [-0.39, 0.29) is 0 Å². The molecule has 0 nitrogen and oxygen atoms in total. The number of fused-ring (bicyclic) bond motifs is 9. The van der Waals surface area contributed by atoms with E-state index in [2.05, 4.69) is 182 Å². The first-order valence-electron chi connectivity index (χ1n) is 17.4. The molecule has 0 heteroatoms. The van der Waals surface area contributed by atoms with E-state index in [1.54, 1.807) is 0 Å². The second kappa shape index (κ2) is 10.5. The van der Waals surface area contributed by atoms with Gasteiger partial charge in [0.05, 0.1) is 0 Å². The van der Waals surface area contributed by atoms with Crippen LogP contribution in [0.25, 0.3) is 109 Å². The van der Waals surface area contributed by atoms with Gasteiger partial charge in [-0.1, -0.05) is 164 Å². The van der Waals surface area contributed by atoms with Gasteiger partial charge in [0.15, 0.2) is 0 Å². The van der Waals surface area contributed by atoms with Gasteiger partial charge in [0.25, 0.3) is 0 Å². The lowest BCUT2D eigenvalue weighted by atomic mass is 9.89. The van der Waals surface area contributed by atoms with Crippen molar-refractivity contribution in [2.24, 2.45) is 0 Å². The molecule has 230 valence electrons. The Hall–Kier alpha value is -6.50. The van der Waals surface area contributed by atoms with Gasteiger partial charge < -0.3 is 0 Å². The molecule has 1 aliphatic carbocycles. The Bertz CT molecular complexity index is 3010. The highest BCUT2D eigenvalue weighted by Gasteiger charge is 2.24. The molecule has 10 aromatic rings. The number of hydrogen-bond donors (Lipinski definition) is 0. The molecule has 1 aliphatic rings. The van der Waals surface area contributed by atoms with Gasteiger partial charge in [0.2, 0.25) is 0 Å². The number of benzene rings is 10. The fourth-order valence-corrected chi connectivity index (χ4v) is 8.61. The zero-order valence-electron chi connectivity index (χ0n) is 27.3. The standard InChI is InChI=1S/C50H30/c1-3-11-39-32(8-1)10-7-15-40(39)33-18-16-31(17-19-33)34-22-24-41-36(28-34)20-21-37-29-38(23-25-42(37)41)44-26-27-47-45-13-5-6-14-46(45)48-30-35-9-2-4-12-43(35)49(44)50(47)48/h1-30H. The van der Waals surface area contributed by atoms with Crippen molar-refractivity contribution in [3.63, 3.8) is 0 Å². The molecule has 0 aromatic heterocycles. The molecule has 0 saturated carbocycles. The molecule has 0 heterocycles. The summed E-state index contributed by atoms with van der Waals surface area (Å²) in [7, 11) is 0. The largest absolute Gasteiger partial charge is 0.0616 e. The fourth-order valence-electron chi connectivity index (χ4n) is 8.61. The average molecular weight is 631 g/mol. The first kappa shape index (κ1) is 27.5. The van der Waals surface area contributed by atoms with Crippen molar-refractivity contribution in [3.05, 3.63) is 182 Å². The van der Waals surface area contributed by atoms with Crippen LogP contribution in [0.4, 0.5) is 0 Å². The van der Waals surface area contributed by atoms with Crippen molar-refractivity contribution in [1.29, 1.82) is 0 Å². The Kier molecular flexibility index (Phi) is 5.76. The third kappa shape index (κ3) is 4.00. The smallest absolute Gasteiger partial charge is 0.00137 e. The number of rotatable bonds is 3. The van der Waals surface area contributed by atoms with Crippen LogP contribution in [0.1, 0.15) is 0 Å². The van der Waals surface area contributed by atoms with Crippen LogP contribution in [0.5, 0.6) is 0 Å². The molecule has 10 aromatic carbocycles. The maximum absolute atomic E-state index is 2.39. The summed E-state index contributed by atoms with van der Waals surface area (Å²) in [4.78, 5) is 0. The highest BCUT2D eigenvalue weighted by atomic mass is 14.3. The molecule has 0 aliphatic heterocycles. The molecule has 0 amide bonds. The molecule has 0 bridgehead atoms. The summed E-state index contributed by atoms with van der Waals surface area (Å²) in [6.45, 7) is 0. The predicted molar refractivity (Wildman–Crippen MR) is 215 cm³/mol. The zero-order chi connectivity index (χ0) is 32.8. The van der Waals surface area contributed by atoms with Crippen LogP contribution in [0.2, 0.25) is 0 Å². The van der Waals surface area contributed by atoms with Gasteiger partial charge in [-0.25, -0.2) is 0 Å². The van der Waals surface area contributed by atoms with Crippen molar-refractivity contribution < 1.29 is 0 Å². The lowest BCUT2D eigenvalue weighted by molar-refractivity contribution is 1.62. The van der Waals surface area contributed by atoms with Crippen molar-refractivity contribution in [3.8, 4) is 55.6 Å². The first-order valence-corrected chi connectivity index (χ1v) is 17.4. The summed E-state index contributed by atoms with van der Waals surface area (Å²) in [5, 5.41) is 13.0. The monoisotopic (exact) mass is 630 g/mol. The van der Waals surface area contributed by atoms with Crippen LogP contribution in [0.15, 0.2) is 182 Å². The first-order chi connectivity index (χ1) is 24.8. The summed E-state index contributed by atoms with van der Waals surface area (Å²) >= 11 is 0. The molecule has 0 unspecified atom stereocenters. The van der Waals surface area contributed by atoms with Crippen LogP contribution >= 0.6 is 0 Å². The minimum atomic E-state index is 1.23. The third-order valence-corrected chi connectivity index (χ3v) is 11.0. The molecule has 0 saturated heterocycles. The van der Waals surface area contributed by atoms with Gasteiger partial charge >= 0.3 is 0 Å². The Morgan fingerprint density at radius 2 is 0.740 bits per heavy atom. The average Bonchev–Trinajstić information content (AvgIpc) is 3.51.